The Labute approximate surface area is 154 Å². The molecule has 0 spiro atoms. The molecule has 2 aromatic rings. The minimum absolute atomic E-state index is 0.0437. The van der Waals surface area contributed by atoms with Gasteiger partial charge in [-0.3, -0.25) is 4.79 Å². The Kier molecular flexibility index (Phi) is 7.17. The Bertz CT molecular complexity index is 742. The van der Waals surface area contributed by atoms with E-state index in [0.29, 0.717) is 12.1 Å². The Balaban J connectivity index is 2.04. The molecule has 0 saturated heterocycles. The summed E-state index contributed by atoms with van der Waals surface area (Å²) >= 11 is 0. The molecule has 0 aliphatic carbocycles. The van der Waals surface area contributed by atoms with Crippen LogP contribution in [-0.2, 0) is 4.84 Å². The predicted octanol–water partition coefficient (Wildman–Crippen LogP) is 2.71. The summed E-state index contributed by atoms with van der Waals surface area (Å²) in [5.74, 6) is 0.684. The van der Waals surface area contributed by atoms with Gasteiger partial charge in [-0.2, -0.15) is 0 Å². The molecule has 2 aromatic carbocycles. The van der Waals surface area contributed by atoms with Crippen LogP contribution in [0.1, 0.15) is 27.5 Å². The lowest BCUT2D eigenvalue weighted by Gasteiger charge is -2.25. The molecule has 0 radical (unpaired) electrons. The van der Waals surface area contributed by atoms with Gasteiger partial charge in [-0.25, -0.2) is 0 Å². The molecule has 0 heterocycles. The van der Waals surface area contributed by atoms with Gasteiger partial charge in [0.15, 0.2) is 0 Å². The van der Waals surface area contributed by atoms with E-state index in [9.17, 15) is 4.79 Å². The van der Waals surface area contributed by atoms with Crippen LogP contribution >= 0.6 is 0 Å². The fourth-order valence-corrected chi connectivity index (χ4v) is 2.57. The number of carbonyl (C=O) groups excluding carboxylic acids is 1. The third kappa shape index (κ3) is 5.32. The van der Waals surface area contributed by atoms with Gasteiger partial charge in [0.1, 0.15) is 12.9 Å². The summed E-state index contributed by atoms with van der Waals surface area (Å²) in [6, 6.07) is 15.1. The predicted molar refractivity (Wildman–Crippen MR) is 103 cm³/mol. The van der Waals surface area contributed by atoms with Crippen LogP contribution in [-0.4, -0.2) is 51.9 Å². The molecule has 1 atom stereocenters. The standard InChI is InChI=1S/C20H25N3O3/c1-23(2)19(17-6-5-7-18(12-17)25-3)14-21-20(24)16-10-8-15(9-11-16)13-22-26-4/h5-13,19H,14H2,1-4H3,(H,21,24)/b22-13+. The lowest BCUT2D eigenvalue weighted by Crippen LogP contribution is -2.34. The van der Waals surface area contributed by atoms with Crippen molar-refractivity contribution in [2.75, 3.05) is 34.9 Å². The molecular formula is C20H25N3O3. The van der Waals surface area contributed by atoms with Crippen molar-refractivity contribution in [1.82, 2.24) is 10.2 Å². The van der Waals surface area contributed by atoms with Crippen molar-refractivity contribution in [3.05, 3.63) is 65.2 Å². The van der Waals surface area contributed by atoms with E-state index in [1.807, 2.05) is 50.5 Å². The summed E-state index contributed by atoms with van der Waals surface area (Å²) in [7, 11) is 7.11. The first-order valence-electron chi connectivity index (χ1n) is 8.30. The molecule has 6 heteroatoms. The zero-order valence-electron chi connectivity index (χ0n) is 15.6. The maximum atomic E-state index is 12.4. The summed E-state index contributed by atoms with van der Waals surface area (Å²) < 4.78 is 5.29. The Morgan fingerprint density at radius 3 is 2.54 bits per heavy atom. The zero-order valence-corrected chi connectivity index (χ0v) is 15.6. The molecule has 26 heavy (non-hydrogen) atoms. The van der Waals surface area contributed by atoms with Gasteiger partial charge < -0.3 is 19.8 Å². The van der Waals surface area contributed by atoms with Gasteiger partial charge in [0.25, 0.3) is 5.91 Å². The molecule has 0 aromatic heterocycles. The molecule has 138 valence electrons. The average Bonchev–Trinajstić information content (AvgIpc) is 2.66. The summed E-state index contributed by atoms with van der Waals surface area (Å²) in [5, 5.41) is 6.70. The Morgan fingerprint density at radius 2 is 1.92 bits per heavy atom. The number of hydrogen-bond donors (Lipinski definition) is 1. The third-order valence-electron chi connectivity index (χ3n) is 4.04. The van der Waals surface area contributed by atoms with Gasteiger partial charge in [-0.05, 0) is 49.5 Å². The zero-order chi connectivity index (χ0) is 18.9. The highest BCUT2D eigenvalue weighted by atomic mass is 16.6. The third-order valence-corrected chi connectivity index (χ3v) is 4.04. The van der Waals surface area contributed by atoms with Crippen LogP contribution in [0.25, 0.3) is 0 Å². The Morgan fingerprint density at radius 1 is 1.19 bits per heavy atom. The van der Waals surface area contributed by atoms with Crippen LogP contribution in [0.3, 0.4) is 0 Å². The first-order chi connectivity index (χ1) is 12.5. The van der Waals surface area contributed by atoms with Gasteiger partial charge in [-0.15, -0.1) is 0 Å². The number of hydrogen-bond acceptors (Lipinski definition) is 5. The maximum Gasteiger partial charge on any atom is 0.251 e. The molecule has 6 nitrogen and oxygen atoms in total. The largest absolute Gasteiger partial charge is 0.497 e. The quantitative estimate of drug-likeness (QED) is 0.584. The minimum atomic E-state index is -0.116. The number of carbonyl (C=O) groups is 1. The van der Waals surface area contributed by atoms with E-state index in [-0.39, 0.29) is 11.9 Å². The second-order valence-electron chi connectivity index (χ2n) is 6.01. The van der Waals surface area contributed by atoms with Gasteiger partial charge in [0, 0.05) is 12.1 Å². The highest BCUT2D eigenvalue weighted by molar-refractivity contribution is 5.95. The number of oxime groups is 1. The second kappa shape index (κ2) is 9.58. The smallest absolute Gasteiger partial charge is 0.251 e. The number of benzene rings is 2. The highest BCUT2D eigenvalue weighted by Gasteiger charge is 2.16. The van der Waals surface area contributed by atoms with E-state index in [0.717, 1.165) is 16.9 Å². The molecule has 0 aliphatic heterocycles. The molecule has 1 N–H and O–H groups in total. The molecule has 0 saturated carbocycles. The van der Waals surface area contributed by atoms with Crippen molar-refractivity contribution in [3.8, 4) is 5.75 Å². The summed E-state index contributed by atoms with van der Waals surface area (Å²) in [6.07, 6.45) is 1.59. The summed E-state index contributed by atoms with van der Waals surface area (Å²) in [6.45, 7) is 0.492. The van der Waals surface area contributed by atoms with Gasteiger partial charge >= 0.3 is 0 Å². The van der Waals surface area contributed by atoms with E-state index in [4.69, 9.17) is 4.74 Å². The van der Waals surface area contributed by atoms with Crippen LogP contribution in [0.2, 0.25) is 0 Å². The second-order valence-corrected chi connectivity index (χ2v) is 6.01. The van der Waals surface area contributed by atoms with E-state index in [1.54, 1.807) is 25.5 Å². The molecule has 1 amide bonds. The first kappa shape index (κ1) is 19.5. The molecule has 0 bridgehead atoms. The molecule has 0 aliphatic rings. The molecule has 0 fully saturated rings. The number of likely N-dealkylation sites (N-methyl/N-ethyl adjacent to an activating group) is 1. The molecule has 1 unspecified atom stereocenters. The van der Waals surface area contributed by atoms with Crippen LogP contribution in [0.15, 0.2) is 53.7 Å². The fourth-order valence-electron chi connectivity index (χ4n) is 2.57. The lowest BCUT2D eigenvalue weighted by atomic mass is 10.1. The van der Waals surface area contributed by atoms with Gasteiger partial charge in [0.05, 0.1) is 19.4 Å². The average molecular weight is 355 g/mol. The molecule has 2 rings (SSSR count). The topological polar surface area (TPSA) is 63.2 Å². The molecular weight excluding hydrogens is 330 g/mol. The van der Waals surface area contributed by atoms with Crippen molar-refractivity contribution in [2.24, 2.45) is 5.16 Å². The summed E-state index contributed by atoms with van der Waals surface area (Å²) in [5.41, 5.74) is 2.55. The van der Waals surface area contributed by atoms with Crippen molar-refractivity contribution in [2.45, 2.75) is 6.04 Å². The number of methoxy groups -OCH3 is 1. The summed E-state index contributed by atoms with van der Waals surface area (Å²) in [4.78, 5) is 19.2. The van der Waals surface area contributed by atoms with Crippen LogP contribution in [0.4, 0.5) is 0 Å². The minimum Gasteiger partial charge on any atom is -0.497 e. The SMILES string of the molecule is CO/N=C/c1ccc(C(=O)NCC(c2cccc(OC)c2)N(C)C)cc1. The normalized spacial score (nSPS) is 12.2. The maximum absolute atomic E-state index is 12.4. The van der Waals surface area contributed by atoms with E-state index >= 15 is 0 Å². The fraction of sp³-hybridized carbons (Fsp3) is 0.300. The van der Waals surface area contributed by atoms with Crippen molar-refractivity contribution < 1.29 is 14.4 Å². The number of nitrogens with one attached hydrogen (secondary N) is 1. The monoisotopic (exact) mass is 355 g/mol. The van der Waals surface area contributed by atoms with Crippen molar-refractivity contribution in [3.63, 3.8) is 0 Å². The first-order valence-corrected chi connectivity index (χ1v) is 8.30. The number of amides is 1. The van der Waals surface area contributed by atoms with Gasteiger partial charge in [-0.1, -0.05) is 29.4 Å². The van der Waals surface area contributed by atoms with Crippen LogP contribution < -0.4 is 10.1 Å². The lowest BCUT2D eigenvalue weighted by molar-refractivity contribution is 0.0942. The Hall–Kier alpha value is -2.86. The van der Waals surface area contributed by atoms with Crippen molar-refractivity contribution >= 4 is 12.1 Å². The number of nitrogens with zero attached hydrogens (tertiary/aromatic N) is 2. The van der Waals surface area contributed by atoms with E-state index in [1.165, 1.54) is 7.11 Å². The van der Waals surface area contributed by atoms with Crippen LogP contribution in [0.5, 0.6) is 5.75 Å². The van der Waals surface area contributed by atoms with Gasteiger partial charge in [0.2, 0.25) is 0 Å². The highest BCUT2D eigenvalue weighted by Crippen LogP contribution is 2.22. The van der Waals surface area contributed by atoms with E-state index < -0.39 is 0 Å². The number of rotatable bonds is 8. The van der Waals surface area contributed by atoms with Crippen LogP contribution in [0, 0.1) is 0 Å². The van der Waals surface area contributed by atoms with E-state index in [2.05, 4.69) is 20.2 Å². The number of ether oxygens (including phenoxy) is 1. The van der Waals surface area contributed by atoms with Crippen molar-refractivity contribution in [1.29, 1.82) is 0 Å².